The summed E-state index contributed by atoms with van der Waals surface area (Å²) in [6.07, 6.45) is 1.94. The first-order valence-electron chi connectivity index (χ1n) is 8.77. The van der Waals surface area contributed by atoms with Gasteiger partial charge >= 0.3 is 0 Å². The molecule has 0 saturated heterocycles. The third-order valence-corrected chi connectivity index (χ3v) is 4.16. The number of thioether (sulfide) groups is 1. The molecule has 0 N–H and O–H groups in total. The molecule has 141 valence electrons. The minimum absolute atomic E-state index is 0.0949. The Bertz CT molecular complexity index is 718. The number of ether oxygens (including phenoxy) is 1. The van der Waals surface area contributed by atoms with Crippen molar-refractivity contribution in [1.29, 1.82) is 0 Å². The van der Waals surface area contributed by atoms with E-state index in [1.165, 1.54) is 17.3 Å². The maximum atomic E-state index is 5.86. The highest BCUT2D eigenvalue weighted by Gasteiger charge is 2.15. The molecule has 1 heterocycles. The Balaban J connectivity index is 2.06. The van der Waals surface area contributed by atoms with Gasteiger partial charge < -0.3 is 4.74 Å². The molecular formula is C20H29N4OS. The van der Waals surface area contributed by atoms with E-state index in [9.17, 15) is 0 Å². The van der Waals surface area contributed by atoms with E-state index in [2.05, 4.69) is 73.9 Å². The van der Waals surface area contributed by atoms with Gasteiger partial charge in [-0.25, -0.2) is 10.3 Å². The number of hydrogen-bond acceptors (Lipinski definition) is 5. The van der Waals surface area contributed by atoms with E-state index in [1.54, 1.807) is 0 Å². The van der Waals surface area contributed by atoms with Gasteiger partial charge in [-0.1, -0.05) is 65.4 Å². The third kappa shape index (κ3) is 6.48. The predicted molar refractivity (Wildman–Crippen MR) is 107 cm³/mol. The van der Waals surface area contributed by atoms with Crippen molar-refractivity contribution < 1.29 is 4.74 Å². The topological polar surface area (TPSA) is 62.0 Å². The molecule has 1 radical (unpaired) electrons. The van der Waals surface area contributed by atoms with E-state index in [0.717, 1.165) is 5.75 Å². The third-order valence-electron chi connectivity index (χ3n) is 3.62. The summed E-state index contributed by atoms with van der Waals surface area (Å²) in [7, 11) is 0. The van der Waals surface area contributed by atoms with Crippen molar-refractivity contribution in [2.75, 3.05) is 12.8 Å². The van der Waals surface area contributed by atoms with Crippen molar-refractivity contribution in [3.63, 3.8) is 0 Å². The molecule has 0 atom stereocenters. The van der Waals surface area contributed by atoms with E-state index in [-0.39, 0.29) is 10.8 Å². The van der Waals surface area contributed by atoms with Crippen LogP contribution in [0.1, 0.15) is 52.9 Å². The molecule has 0 fully saturated rings. The molecule has 0 bridgehead atoms. The zero-order valence-electron chi connectivity index (χ0n) is 16.8. The number of nitrogens with zero attached hydrogens (tertiary/aromatic N) is 4. The number of aromatic nitrogens is 3. The minimum Gasteiger partial charge on any atom is -0.486 e. The second-order valence-electron chi connectivity index (χ2n) is 8.48. The van der Waals surface area contributed by atoms with Gasteiger partial charge in [0.05, 0.1) is 0 Å². The van der Waals surface area contributed by atoms with E-state index >= 15 is 0 Å². The molecule has 0 aliphatic rings. The summed E-state index contributed by atoms with van der Waals surface area (Å²) < 4.78 is 5.86. The second-order valence-corrected chi connectivity index (χ2v) is 9.25. The molecule has 0 spiro atoms. The van der Waals surface area contributed by atoms with Gasteiger partial charge in [-0.15, -0.1) is 0 Å². The highest BCUT2D eigenvalue weighted by atomic mass is 32.2. The molecular weight excluding hydrogens is 344 g/mol. The molecule has 0 aliphatic carbocycles. The highest BCUT2D eigenvalue weighted by Crippen LogP contribution is 2.24. The van der Waals surface area contributed by atoms with Crippen LogP contribution in [0.25, 0.3) is 0 Å². The van der Waals surface area contributed by atoms with Crippen molar-refractivity contribution in [3.8, 4) is 5.75 Å². The largest absolute Gasteiger partial charge is 0.486 e. The lowest BCUT2D eigenvalue weighted by atomic mass is 9.87. The average molecular weight is 374 g/mol. The van der Waals surface area contributed by atoms with Crippen LogP contribution in [0.15, 0.2) is 29.4 Å². The van der Waals surface area contributed by atoms with Crippen LogP contribution in [-0.2, 0) is 12.0 Å². The lowest BCUT2D eigenvalue weighted by Gasteiger charge is -2.19. The highest BCUT2D eigenvalue weighted by molar-refractivity contribution is 7.98. The Morgan fingerprint density at radius 1 is 0.962 bits per heavy atom. The first-order chi connectivity index (χ1) is 12.1. The van der Waals surface area contributed by atoms with Gasteiger partial charge in [-0.05, 0) is 34.8 Å². The maximum absolute atomic E-state index is 5.86. The molecule has 2 rings (SSSR count). The van der Waals surface area contributed by atoms with E-state index in [1.807, 2.05) is 18.4 Å². The molecule has 26 heavy (non-hydrogen) atoms. The monoisotopic (exact) mass is 373 g/mol. The quantitative estimate of drug-likeness (QED) is 0.684. The summed E-state index contributed by atoms with van der Waals surface area (Å²) in [6.45, 7) is 14.0. The van der Waals surface area contributed by atoms with Crippen molar-refractivity contribution in [1.82, 2.24) is 20.3 Å². The molecule has 1 aromatic carbocycles. The van der Waals surface area contributed by atoms with Crippen LogP contribution in [0.3, 0.4) is 0 Å². The second kappa shape index (κ2) is 8.25. The Morgan fingerprint density at radius 2 is 1.62 bits per heavy atom. The number of benzene rings is 1. The molecule has 0 unspecified atom stereocenters. The van der Waals surface area contributed by atoms with Gasteiger partial charge in [0, 0.05) is 6.54 Å². The van der Waals surface area contributed by atoms with Crippen LogP contribution in [0.4, 0.5) is 5.95 Å². The molecule has 2 aromatic rings. The number of rotatable bonds is 6. The summed E-state index contributed by atoms with van der Waals surface area (Å²) in [6, 6.07) is 8.17. The fraction of sp³-hybridized carbons (Fsp3) is 0.550. The molecule has 5 nitrogen and oxygen atoms in total. The van der Waals surface area contributed by atoms with Crippen LogP contribution in [0.2, 0.25) is 0 Å². The summed E-state index contributed by atoms with van der Waals surface area (Å²) in [4.78, 5) is 13.2. The Kier molecular flexibility index (Phi) is 6.50. The standard InChI is InChI=1S/C20H29N4OS/c1-19(2,3)13-21-17-22-16(23-18(24-17)26-7)12-25-15-10-8-14(9-11-15)20(4,5)6/h8-11H,12-13H2,1-7H3. The van der Waals surface area contributed by atoms with Crippen LogP contribution in [0, 0.1) is 5.41 Å². The smallest absolute Gasteiger partial charge is 0.249 e. The lowest BCUT2D eigenvalue weighted by Crippen LogP contribution is -2.20. The Labute approximate surface area is 161 Å². The Morgan fingerprint density at radius 3 is 2.15 bits per heavy atom. The molecule has 0 saturated carbocycles. The zero-order valence-corrected chi connectivity index (χ0v) is 17.6. The summed E-state index contributed by atoms with van der Waals surface area (Å²) in [5, 5.41) is 5.17. The molecule has 0 amide bonds. The minimum atomic E-state index is 0.0949. The summed E-state index contributed by atoms with van der Waals surface area (Å²) >= 11 is 1.48. The van der Waals surface area contributed by atoms with Crippen LogP contribution in [0.5, 0.6) is 5.75 Å². The normalized spacial score (nSPS) is 12.1. The summed E-state index contributed by atoms with van der Waals surface area (Å²) in [5.74, 6) is 1.87. The van der Waals surface area contributed by atoms with E-state index in [0.29, 0.717) is 30.1 Å². The van der Waals surface area contributed by atoms with Crippen molar-refractivity contribution in [2.24, 2.45) is 5.41 Å². The van der Waals surface area contributed by atoms with E-state index in [4.69, 9.17) is 4.74 Å². The fourth-order valence-corrected chi connectivity index (χ4v) is 2.49. The fourth-order valence-electron chi connectivity index (χ4n) is 2.12. The average Bonchev–Trinajstić information content (AvgIpc) is 2.57. The van der Waals surface area contributed by atoms with E-state index < -0.39 is 0 Å². The predicted octanol–water partition coefficient (Wildman–Crippen LogP) is 4.75. The first kappa shape index (κ1) is 20.5. The maximum Gasteiger partial charge on any atom is 0.249 e. The molecule has 6 heteroatoms. The first-order valence-corrected chi connectivity index (χ1v) is 9.99. The van der Waals surface area contributed by atoms with Gasteiger partial charge in [0.2, 0.25) is 5.95 Å². The van der Waals surface area contributed by atoms with Crippen LogP contribution >= 0.6 is 11.8 Å². The van der Waals surface area contributed by atoms with Gasteiger partial charge in [0.15, 0.2) is 11.0 Å². The zero-order chi connectivity index (χ0) is 19.4. The van der Waals surface area contributed by atoms with Crippen LogP contribution in [-0.4, -0.2) is 27.8 Å². The molecule has 1 aromatic heterocycles. The summed E-state index contributed by atoms with van der Waals surface area (Å²) in [5.41, 5.74) is 1.50. The lowest BCUT2D eigenvalue weighted by molar-refractivity contribution is 0.293. The Hall–Kier alpha value is -1.82. The SMILES string of the molecule is CSc1nc(COc2ccc(C(C)(C)C)cc2)nc([N]CC(C)(C)C)n1. The van der Waals surface area contributed by atoms with Crippen molar-refractivity contribution in [2.45, 2.75) is 58.7 Å². The van der Waals surface area contributed by atoms with Crippen molar-refractivity contribution in [3.05, 3.63) is 35.7 Å². The van der Waals surface area contributed by atoms with Crippen LogP contribution < -0.4 is 10.1 Å². The van der Waals surface area contributed by atoms with Gasteiger partial charge in [0.1, 0.15) is 12.4 Å². The van der Waals surface area contributed by atoms with Crippen molar-refractivity contribution >= 4 is 17.7 Å². The number of hydrogen-bond donors (Lipinski definition) is 0. The van der Waals surface area contributed by atoms with Gasteiger partial charge in [-0.3, -0.25) is 0 Å². The van der Waals surface area contributed by atoms with Gasteiger partial charge in [-0.2, -0.15) is 9.97 Å². The van der Waals surface area contributed by atoms with Gasteiger partial charge in [0.25, 0.3) is 0 Å². The molecule has 0 aliphatic heterocycles.